The van der Waals surface area contributed by atoms with Gasteiger partial charge in [-0.2, -0.15) is 35.1 Å². The second kappa shape index (κ2) is 16.8. The van der Waals surface area contributed by atoms with Crippen molar-refractivity contribution in [2.45, 2.75) is 24.4 Å². The van der Waals surface area contributed by atoms with Crippen molar-refractivity contribution in [2.75, 3.05) is 34.4 Å². The summed E-state index contributed by atoms with van der Waals surface area (Å²) in [6.45, 7) is -6.34. The van der Waals surface area contributed by atoms with Crippen LogP contribution in [0.4, 0.5) is 61.5 Å². The Morgan fingerprint density at radius 3 is 1.48 bits per heavy atom. The molecule has 0 rings (SSSR count). The Balaban J connectivity index is -0.000000247. The van der Waals surface area contributed by atoms with E-state index in [1.807, 2.05) is 0 Å². The van der Waals surface area contributed by atoms with Gasteiger partial charge in [0, 0.05) is 0 Å². The highest BCUT2D eigenvalue weighted by Gasteiger charge is 2.57. The van der Waals surface area contributed by atoms with E-state index in [0.29, 0.717) is 14.4 Å². The van der Waals surface area contributed by atoms with Crippen molar-refractivity contribution in [3.63, 3.8) is 0 Å². The van der Waals surface area contributed by atoms with Gasteiger partial charge in [-0.25, -0.2) is 17.6 Å². The van der Waals surface area contributed by atoms with Crippen LogP contribution >= 0.6 is 0 Å². The van der Waals surface area contributed by atoms with E-state index in [9.17, 15) is 61.5 Å². The molecule has 16 heteroatoms. The second-order valence-corrected chi connectivity index (χ2v) is 3.46. The predicted octanol–water partition coefficient (Wildman–Crippen LogP) is 5.94. The third-order valence-corrected chi connectivity index (χ3v) is 1.53. The standard InChI is InChI=1S/C7H7F9O2.C2HF3.2CH3F/c8-1-5(9,10)4(7(14,15)16)18-3-17-2-6(11,12)13;3-1-2(4)5;2*1-2/h4H,1-3H2;1H;2*1H3. The van der Waals surface area contributed by atoms with Gasteiger partial charge in [0.2, 0.25) is 6.10 Å². The largest absolute Gasteiger partial charge is 0.420 e. The number of alkyl halides is 11. The Hall–Kier alpha value is -1.32. The Kier molecular flexibility index (Phi) is 20.7. The molecule has 0 fully saturated rings. The van der Waals surface area contributed by atoms with E-state index in [2.05, 4.69) is 9.47 Å². The number of halogens is 14. The zero-order valence-electron chi connectivity index (χ0n) is 13.4. The molecule has 0 heterocycles. The van der Waals surface area contributed by atoms with Gasteiger partial charge in [0.15, 0.2) is 13.0 Å². The van der Waals surface area contributed by atoms with Crippen LogP contribution in [0.5, 0.6) is 0 Å². The fourth-order valence-electron chi connectivity index (χ4n) is 0.799. The molecule has 0 saturated carbocycles. The first-order chi connectivity index (χ1) is 12.2. The second-order valence-electron chi connectivity index (χ2n) is 3.46. The number of hydrogen-bond donors (Lipinski definition) is 0. The van der Waals surface area contributed by atoms with Crippen LogP contribution < -0.4 is 0 Å². The van der Waals surface area contributed by atoms with Crippen molar-refractivity contribution >= 4 is 0 Å². The fraction of sp³-hybridized carbons (Fsp3) is 0.818. The minimum atomic E-state index is -5.64. The van der Waals surface area contributed by atoms with Crippen LogP contribution in [0.1, 0.15) is 0 Å². The fourth-order valence-corrected chi connectivity index (χ4v) is 0.799. The maximum Gasteiger partial charge on any atom is 0.420 e. The molecular weight excluding hydrogens is 430 g/mol. The van der Waals surface area contributed by atoms with E-state index >= 15 is 0 Å². The van der Waals surface area contributed by atoms with Gasteiger partial charge in [0.05, 0.1) is 14.4 Å². The summed E-state index contributed by atoms with van der Waals surface area (Å²) in [6, 6.07) is 0. The van der Waals surface area contributed by atoms with Gasteiger partial charge >= 0.3 is 18.3 Å². The Bertz CT molecular complexity index is 348. The highest BCUT2D eigenvalue weighted by atomic mass is 19.4. The maximum absolute atomic E-state index is 12.5. The van der Waals surface area contributed by atoms with Crippen LogP contribution in [0.2, 0.25) is 0 Å². The lowest BCUT2D eigenvalue weighted by Gasteiger charge is -2.26. The van der Waals surface area contributed by atoms with Crippen molar-refractivity contribution < 1.29 is 70.9 Å². The highest BCUT2D eigenvalue weighted by Crippen LogP contribution is 2.35. The van der Waals surface area contributed by atoms with E-state index in [4.69, 9.17) is 0 Å². The van der Waals surface area contributed by atoms with Gasteiger partial charge in [-0.1, -0.05) is 0 Å². The molecule has 0 aliphatic carbocycles. The molecule has 27 heavy (non-hydrogen) atoms. The number of ether oxygens (including phenoxy) is 2. The van der Waals surface area contributed by atoms with Gasteiger partial charge in [-0.3, -0.25) is 8.78 Å². The summed E-state index contributed by atoms with van der Waals surface area (Å²) in [4.78, 5) is 0. The first-order valence-corrected chi connectivity index (χ1v) is 5.81. The van der Waals surface area contributed by atoms with Crippen LogP contribution in [0.15, 0.2) is 12.4 Å². The molecule has 168 valence electrons. The number of hydrogen-bond acceptors (Lipinski definition) is 2. The molecule has 0 saturated heterocycles. The van der Waals surface area contributed by atoms with E-state index in [0.717, 1.165) is 0 Å². The van der Waals surface area contributed by atoms with Crippen LogP contribution in [0.3, 0.4) is 0 Å². The minimum Gasteiger partial charge on any atom is -0.346 e. The predicted molar refractivity (Wildman–Crippen MR) is 64.2 cm³/mol. The van der Waals surface area contributed by atoms with E-state index in [1.54, 1.807) is 0 Å². The quantitative estimate of drug-likeness (QED) is 0.287. The van der Waals surface area contributed by atoms with Crippen LogP contribution in [0, 0.1) is 0 Å². The van der Waals surface area contributed by atoms with E-state index < -0.39 is 56.9 Å². The Morgan fingerprint density at radius 1 is 0.889 bits per heavy atom. The van der Waals surface area contributed by atoms with Crippen LogP contribution in [-0.2, 0) is 9.47 Å². The van der Waals surface area contributed by atoms with E-state index in [-0.39, 0.29) is 0 Å². The lowest BCUT2D eigenvalue weighted by atomic mass is 10.2. The third-order valence-electron chi connectivity index (χ3n) is 1.53. The van der Waals surface area contributed by atoms with Crippen molar-refractivity contribution in [1.82, 2.24) is 0 Å². The van der Waals surface area contributed by atoms with Crippen molar-refractivity contribution in [3.05, 3.63) is 12.4 Å². The molecule has 1 unspecified atom stereocenters. The van der Waals surface area contributed by atoms with Gasteiger partial charge < -0.3 is 9.47 Å². The summed E-state index contributed by atoms with van der Waals surface area (Å²) >= 11 is 0. The monoisotopic (exact) mass is 444 g/mol. The maximum atomic E-state index is 12.5. The summed E-state index contributed by atoms with van der Waals surface area (Å²) in [6.07, 6.45) is -17.4. The zero-order chi connectivity index (χ0) is 22.9. The molecule has 0 aromatic rings. The third kappa shape index (κ3) is 22.6. The van der Waals surface area contributed by atoms with Crippen molar-refractivity contribution in [3.8, 4) is 0 Å². The van der Waals surface area contributed by atoms with E-state index in [1.165, 1.54) is 0 Å². The molecule has 2 nitrogen and oxygen atoms in total. The summed E-state index contributed by atoms with van der Waals surface area (Å²) in [5.74, 6) is -4.90. The first kappa shape index (κ1) is 33.3. The summed E-state index contributed by atoms with van der Waals surface area (Å²) in [5, 5.41) is 0. The number of rotatable bonds is 6. The minimum absolute atomic E-state index is 0.500. The molecule has 0 aliphatic heterocycles. The Morgan fingerprint density at radius 2 is 1.26 bits per heavy atom. The molecular formula is C11H14F14O2. The topological polar surface area (TPSA) is 18.5 Å². The smallest absolute Gasteiger partial charge is 0.346 e. The molecule has 1 atom stereocenters. The molecule has 0 radical (unpaired) electrons. The normalized spacial score (nSPS) is 12.3. The highest BCUT2D eigenvalue weighted by molar-refractivity contribution is 4.83. The molecule has 0 spiro atoms. The van der Waals surface area contributed by atoms with Crippen molar-refractivity contribution in [2.24, 2.45) is 0 Å². The average molecular weight is 444 g/mol. The molecule has 0 aliphatic rings. The molecule has 0 N–H and O–H groups in total. The van der Waals surface area contributed by atoms with Crippen LogP contribution in [-0.4, -0.2) is 58.8 Å². The molecule has 0 bridgehead atoms. The Labute approximate surface area is 143 Å². The van der Waals surface area contributed by atoms with Gasteiger partial charge in [-0.05, 0) is 0 Å². The summed E-state index contributed by atoms with van der Waals surface area (Å²) in [5.41, 5.74) is 0. The van der Waals surface area contributed by atoms with Crippen LogP contribution in [0.25, 0.3) is 0 Å². The van der Waals surface area contributed by atoms with Gasteiger partial charge in [0.25, 0.3) is 6.08 Å². The lowest BCUT2D eigenvalue weighted by molar-refractivity contribution is -0.309. The zero-order valence-corrected chi connectivity index (χ0v) is 13.4. The molecule has 0 aromatic carbocycles. The summed E-state index contributed by atoms with van der Waals surface area (Å²) < 4.78 is 164. The molecule has 0 amide bonds. The van der Waals surface area contributed by atoms with Gasteiger partial charge in [-0.15, -0.1) is 0 Å². The molecule has 0 aromatic heterocycles. The first-order valence-electron chi connectivity index (χ1n) is 5.81. The lowest BCUT2D eigenvalue weighted by Crippen LogP contribution is -2.48. The average Bonchev–Trinajstić information content (AvgIpc) is 2.56. The van der Waals surface area contributed by atoms with Crippen molar-refractivity contribution in [1.29, 1.82) is 0 Å². The van der Waals surface area contributed by atoms with Gasteiger partial charge in [0.1, 0.15) is 13.4 Å². The summed E-state index contributed by atoms with van der Waals surface area (Å²) in [7, 11) is 1.00. The SMILES string of the molecule is CF.CF.FC=C(F)F.FCC(F)(F)C(OCOCC(F)(F)F)C(F)(F)F.